The highest BCUT2D eigenvalue weighted by Crippen LogP contribution is 2.19. The van der Waals surface area contributed by atoms with Crippen molar-refractivity contribution < 1.29 is 0 Å². The lowest BCUT2D eigenvalue weighted by Gasteiger charge is -2.46. The molecular weight excluding hydrogens is 222 g/mol. The van der Waals surface area contributed by atoms with Crippen LogP contribution in [0, 0.1) is 0 Å². The van der Waals surface area contributed by atoms with Crippen molar-refractivity contribution in [3.8, 4) is 0 Å². The van der Waals surface area contributed by atoms with E-state index in [2.05, 4.69) is 52.5 Å². The second kappa shape index (κ2) is 5.39. The van der Waals surface area contributed by atoms with E-state index in [1.165, 1.54) is 31.6 Å². The molecule has 0 radical (unpaired) electrons. The summed E-state index contributed by atoms with van der Waals surface area (Å²) in [6.07, 6.45) is 1.28. The average molecular weight is 245 g/mol. The molecule has 2 fully saturated rings. The van der Waals surface area contributed by atoms with E-state index >= 15 is 0 Å². The van der Waals surface area contributed by atoms with Gasteiger partial charge in [0.15, 0.2) is 0 Å². The molecule has 0 amide bonds. The van der Waals surface area contributed by atoms with Crippen LogP contribution in [0.5, 0.6) is 0 Å². The molecule has 98 valence electrons. The maximum Gasteiger partial charge on any atom is 0.0374 e. The molecular formula is C15H23N3. The van der Waals surface area contributed by atoms with E-state index in [0.717, 1.165) is 13.1 Å². The second-order valence-corrected chi connectivity index (χ2v) is 5.62. The van der Waals surface area contributed by atoms with Crippen LogP contribution in [0.1, 0.15) is 12.0 Å². The van der Waals surface area contributed by atoms with Crippen molar-refractivity contribution in [3.05, 3.63) is 35.9 Å². The van der Waals surface area contributed by atoms with Gasteiger partial charge in [-0.25, -0.2) is 0 Å². The number of benzene rings is 1. The highest BCUT2D eigenvalue weighted by molar-refractivity contribution is 5.14. The maximum atomic E-state index is 3.67. The Morgan fingerprint density at radius 1 is 1.22 bits per heavy atom. The zero-order valence-electron chi connectivity index (χ0n) is 11.2. The van der Waals surface area contributed by atoms with Crippen molar-refractivity contribution in [2.75, 3.05) is 33.2 Å². The fraction of sp³-hybridized carbons (Fsp3) is 0.600. The van der Waals surface area contributed by atoms with Crippen molar-refractivity contribution in [1.29, 1.82) is 0 Å². The van der Waals surface area contributed by atoms with Gasteiger partial charge in [-0.2, -0.15) is 0 Å². The number of fused-ring (bicyclic) bond motifs is 1. The first-order chi connectivity index (χ1) is 8.83. The third-order valence-electron chi connectivity index (χ3n) is 4.35. The predicted octanol–water partition coefficient (Wildman–Crippen LogP) is 1.16. The van der Waals surface area contributed by atoms with Gasteiger partial charge >= 0.3 is 0 Å². The summed E-state index contributed by atoms with van der Waals surface area (Å²) in [5.41, 5.74) is 1.43. The summed E-state index contributed by atoms with van der Waals surface area (Å²) in [5.74, 6) is 0. The Balaban J connectivity index is 1.62. The fourth-order valence-electron chi connectivity index (χ4n) is 3.26. The van der Waals surface area contributed by atoms with Gasteiger partial charge < -0.3 is 5.32 Å². The molecule has 0 bridgehead atoms. The molecule has 0 spiro atoms. The quantitative estimate of drug-likeness (QED) is 0.843. The Morgan fingerprint density at radius 3 is 2.89 bits per heavy atom. The molecule has 0 aromatic heterocycles. The highest BCUT2D eigenvalue weighted by Gasteiger charge is 2.33. The summed E-state index contributed by atoms with van der Waals surface area (Å²) < 4.78 is 0. The third kappa shape index (κ3) is 2.58. The van der Waals surface area contributed by atoms with Crippen LogP contribution in [-0.4, -0.2) is 55.1 Å². The van der Waals surface area contributed by atoms with Crippen LogP contribution in [-0.2, 0) is 6.54 Å². The molecule has 3 nitrogen and oxygen atoms in total. The van der Waals surface area contributed by atoms with E-state index in [1.54, 1.807) is 0 Å². The van der Waals surface area contributed by atoms with Crippen LogP contribution in [0.2, 0.25) is 0 Å². The molecule has 18 heavy (non-hydrogen) atoms. The Labute approximate surface area is 110 Å². The van der Waals surface area contributed by atoms with Crippen LogP contribution in [0.4, 0.5) is 0 Å². The summed E-state index contributed by atoms with van der Waals surface area (Å²) in [6, 6.07) is 12.2. The van der Waals surface area contributed by atoms with Crippen molar-refractivity contribution >= 4 is 0 Å². The first-order valence-electron chi connectivity index (χ1n) is 7.03. The molecule has 2 heterocycles. The number of piperazine rings is 1. The van der Waals surface area contributed by atoms with Gasteiger partial charge in [0.2, 0.25) is 0 Å². The van der Waals surface area contributed by atoms with Gasteiger partial charge in [-0.15, -0.1) is 0 Å². The van der Waals surface area contributed by atoms with E-state index in [4.69, 9.17) is 0 Å². The van der Waals surface area contributed by atoms with Gasteiger partial charge in [0.1, 0.15) is 0 Å². The SMILES string of the molecule is CN1CCNC2CCN(Cc3ccccc3)CC21. The van der Waals surface area contributed by atoms with E-state index in [9.17, 15) is 0 Å². The number of likely N-dealkylation sites (tertiary alicyclic amines) is 1. The fourth-order valence-corrected chi connectivity index (χ4v) is 3.26. The minimum atomic E-state index is 0.691. The van der Waals surface area contributed by atoms with Crippen molar-refractivity contribution in [2.45, 2.75) is 25.0 Å². The minimum Gasteiger partial charge on any atom is -0.311 e. The zero-order chi connectivity index (χ0) is 12.4. The molecule has 2 aliphatic heterocycles. The molecule has 0 saturated carbocycles. The first kappa shape index (κ1) is 12.2. The molecule has 2 atom stereocenters. The molecule has 2 unspecified atom stereocenters. The van der Waals surface area contributed by atoms with Crippen molar-refractivity contribution in [2.24, 2.45) is 0 Å². The Hall–Kier alpha value is -0.900. The maximum absolute atomic E-state index is 3.67. The molecule has 1 N–H and O–H groups in total. The van der Waals surface area contributed by atoms with Crippen LogP contribution >= 0.6 is 0 Å². The Bertz CT molecular complexity index is 379. The number of nitrogens with one attached hydrogen (secondary N) is 1. The Morgan fingerprint density at radius 2 is 2.06 bits per heavy atom. The molecule has 1 aromatic carbocycles. The van der Waals surface area contributed by atoms with Gasteiger partial charge in [0.05, 0.1) is 0 Å². The first-order valence-corrected chi connectivity index (χ1v) is 7.03. The van der Waals surface area contributed by atoms with Crippen molar-refractivity contribution in [1.82, 2.24) is 15.1 Å². The van der Waals surface area contributed by atoms with Crippen molar-refractivity contribution in [3.63, 3.8) is 0 Å². The largest absolute Gasteiger partial charge is 0.311 e. The summed E-state index contributed by atoms with van der Waals surface area (Å²) in [4.78, 5) is 5.12. The molecule has 1 aromatic rings. The van der Waals surface area contributed by atoms with Crippen LogP contribution in [0.3, 0.4) is 0 Å². The summed E-state index contributed by atoms with van der Waals surface area (Å²) in [7, 11) is 2.27. The highest BCUT2D eigenvalue weighted by atomic mass is 15.3. The third-order valence-corrected chi connectivity index (χ3v) is 4.35. The van der Waals surface area contributed by atoms with E-state index in [1.807, 2.05) is 0 Å². The lowest BCUT2D eigenvalue weighted by Crippen LogP contribution is -2.63. The summed E-state index contributed by atoms with van der Waals surface area (Å²) >= 11 is 0. The number of piperidine rings is 1. The van der Waals surface area contributed by atoms with Gasteiger partial charge in [0.25, 0.3) is 0 Å². The van der Waals surface area contributed by atoms with Gasteiger partial charge in [0, 0.05) is 44.8 Å². The summed E-state index contributed by atoms with van der Waals surface area (Å²) in [6.45, 7) is 5.84. The van der Waals surface area contributed by atoms with Crippen LogP contribution in [0.15, 0.2) is 30.3 Å². The lowest BCUT2D eigenvalue weighted by molar-refractivity contribution is 0.0579. The number of hydrogen-bond acceptors (Lipinski definition) is 3. The molecule has 2 saturated heterocycles. The van der Waals surface area contributed by atoms with E-state index in [-0.39, 0.29) is 0 Å². The predicted molar refractivity (Wildman–Crippen MR) is 74.5 cm³/mol. The monoisotopic (exact) mass is 245 g/mol. The van der Waals surface area contributed by atoms with Gasteiger partial charge in [-0.05, 0) is 19.0 Å². The zero-order valence-corrected chi connectivity index (χ0v) is 11.2. The van der Waals surface area contributed by atoms with Gasteiger partial charge in [-0.1, -0.05) is 30.3 Å². The average Bonchev–Trinajstić information content (AvgIpc) is 2.41. The van der Waals surface area contributed by atoms with Crippen LogP contribution < -0.4 is 5.32 Å². The number of rotatable bonds is 2. The second-order valence-electron chi connectivity index (χ2n) is 5.62. The summed E-state index contributed by atoms with van der Waals surface area (Å²) in [5, 5.41) is 3.67. The normalized spacial score (nSPS) is 30.1. The van der Waals surface area contributed by atoms with E-state index < -0.39 is 0 Å². The topological polar surface area (TPSA) is 18.5 Å². The smallest absolute Gasteiger partial charge is 0.0374 e. The molecule has 3 rings (SSSR count). The van der Waals surface area contributed by atoms with Gasteiger partial charge in [-0.3, -0.25) is 9.80 Å². The van der Waals surface area contributed by atoms with Crippen LogP contribution in [0.25, 0.3) is 0 Å². The lowest BCUT2D eigenvalue weighted by atomic mass is 9.95. The Kier molecular flexibility index (Phi) is 3.64. The van der Waals surface area contributed by atoms with E-state index in [0.29, 0.717) is 12.1 Å². The molecule has 3 heteroatoms. The number of likely N-dealkylation sites (N-methyl/N-ethyl adjacent to an activating group) is 1. The number of hydrogen-bond donors (Lipinski definition) is 1. The number of nitrogens with zero attached hydrogens (tertiary/aromatic N) is 2. The minimum absolute atomic E-state index is 0.691. The molecule has 2 aliphatic rings. The molecule has 0 aliphatic carbocycles. The standard InChI is InChI=1S/C15H23N3/c1-17-10-8-16-14-7-9-18(12-15(14)17)11-13-5-3-2-4-6-13/h2-6,14-16H,7-12H2,1H3.